The molecule has 0 heterocycles. The fraction of sp³-hybridized carbons (Fsp3) is 0.286. The number of carbonyl (C=O) groups excluding carboxylic acids is 2. The number of hydrogen-bond acceptors (Lipinski definition) is 7. The van der Waals surface area contributed by atoms with E-state index in [1.54, 1.807) is 24.3 Å². The largest absolute Gasteiger partial charge is 0.514 e. The van der Waals surface area contributed by atoms with E-state index in [9.17, 15) is 24.5 Å². The molecule has 2 amide bonds. The summed E-state index contributed by atoms with van der Waals surface area (Å²) in [6, 6.07) is 10.5. The fourth-order valence-corrected chi connectivity index (χ4v) is 2.67. The maximum Gasteiger partial charge on any atom is 0.514 e. The van der Waals surface area contributed by atoms with Crippen LogP contribution in [0.1, 0.15) is 25.8 Å². The van der Waals surface area contributed by atoms with Crippen LogP contribution in [0, 0.1) is 16.0 Å². The lowest BCUT2D eigenvalue weighted by atomic mass is 10.0. The normalized spacial score (nSPS) is 11.3. The van der Waals surface area contributed by atoms with Crippen molar-refractivity contribution in [1.82, 2.24) is 5.32 Å². The van der Waals surface area contributed by atoms with Crippen molar-refractivity contribution in [3.63, 3.8) is 0 Å². The predicted molar refractivity (Wildman–Crippen MR) is 113 cm³/mol. The Labute approximate surface area is 183 Å². The molecule has 3 N–H and O–H groups in total. The van der Waals surface area contributed by atoms with Crippen LogP contribution >= 0.6 is 0 Å². The highest BCUT2D eigenvalue weighted by atomic mass is 16.7. The Hall–Kier alpha value is -4.15. The van der Waals surface area contributed by atoms with E-state index in [4.69, 9.17) is 14.6 Å². The van der Waals surface area contributed by atoms with Crippen molar-refractivity contribution in [2.24, 2.45) is 5.92 Å². The molecule has 32 heavy (non-hydrogen) atoms. The molecule has 2 aromatic rings. The number of non-ortho nitro benzene ring substituents is 1. The first-order valence-electron chi connectivity index (χ1n) is 9.62. The van der Waals surface area contributed by atoms with Crippen LogP contribution in [0.15, 0.2) is 48.5 Å². The number of nitro benzene ring substituents is 1. The van der Waals surface area contributed by atoms with Gasteiger partial charge < -0.3 is 25.2 Å². The van der Waals surface area contributed by atoms with Crippen LogP contribution in [-0.4, -0.2) is 34.2 Å². The monoisotopic (exact) mass is 445 g/mol. The van der Waals surface area contributed by atoms with Gasteiger partial charge in [0.1, 0.15) is 18.4 Å². The number of nitrogens with zero attached hydrogens (tertiary/aromatic N) is 1. The maximum absolute atomic E-state index is 12.4. The van der Waals surface area contributed by atoms with Crippen molar-refractivity contribution in [2.45, 2.75) is 32.9 Å². The van der Waals surface area contributed by atoms with E-state index >= 15 is 0 Å². The minimum Gasteiger partial charge on any atom is -0.465 e. The molecular formula is C21H23N3O8. The Bertz CT molecular complexity index is 958. The fourth-order valence-electron chi connectivity index (χ4n) is 2.67. The Morgan fingerprint density at radius 2 is 1.69 bits per heavy atom. The van der Waals surface area contributed by atoms with E-state index in [0.29, 0.717) is 17.7 Å². The summed E-state index contributed by atoms with van der Waals surface area (Å²) in [6.45, 7) is 3.66. The lowest BCUT2D eigenvalue weighted by Gasteiger charge is -2.18. The van der Waals surface area contributed by atoms with Crippen LogP contribution < -0.4 is 15.4 Å². The van der Waals surface area contributed by atoms with Crippen molar-refractivity contribution >= 4 is 29.5 Å². The number of carbonyl (C=O) groups is 3. The van der Waals surface area contributed by atoms with Gasteiger partial charge in [-0.1, -0.05) is 26.0 Å². The molecule has 11 heteroatoms. The van der Waals surface area contributed by atoms with Crippen LogP contribution in [0.5, 0.6) is 5.75 Å². The molecule has 0 fully saturated rings. The Morgan fingerprint density at radius 1 is 1.06 bits per heavy atom. The Balaban J connectivity index is 1.86. The molecule has 0 aromatic heterocycles. The van der Waals surface area contributed by atoms with Gasteiger partial charge in [-0.05, 0) is 42.2 Å². The van der Waals surface area contributed by atoms with Crippen LogP contribution in [0.25, 0.3) is 0 Å². The number of rotatable bonds is 9. The number of nitrogens with one attached hydrogen (secondary N) is 2. The zero-order valence-corrected chi connectivity index (χ0v) is 17.4. The molecule has 1 unspecified atom stereocenters. The number of carboxylic acid groups (broad SMARTS) is 1. The lowest BCUT2D eigenvalue weighted by Crippen LogP contribution is -2.44. The van der Waals surface area contributed by atoms with Crippen molar-refractivity contribution in [2.75, 3.05) is 5.32 Å². The minimum absolute atomic E-state index is 0.101. The highest BCUT2D eigenvalue weighted by Crippen LogP contribution is 2.18. The zero-order valence-electron chi connectivity index (χ0n) is 17.4. The summed E-state index contributed by atoms with van der Waals surface area (Å²) >= 11 is 0. The van der Waals surface area contributed by atoms with Crippen molar-refractivity contribution in [1.29, 1.82) is 0 Å². The SMILES string of the molecule is CC(C)CC(NC(=O)O)C(=O)Nc1ccc(COC(=O)Oc2ccc([N+](=O)[O-])cc2)cc1. The number of amides is 2. The summed E-state index contributed by atoms with van der Waals surface area (Å²) in [5.74, 6) is -0.260. The van der Waals surface area contributed by atoms with E-state index in [-0.39, 0.29) is 24.0 Å². The van der Waals surface area contributed by atoms with E-state index in [0.717, 1.165) is 0 Å². The molecule has 0 radical (unpaired) electrons. The van der Waals surface area contributed by atoms with Gasteiger partial charge in [0.2, 0.25) is 5.91 Å². The molecule has 170 valence electrons. The maximum atomic E-state index is 12.4. The number of benzene rings is 2. The summed E-state index contributed by atoms with van der Waals surface area (Å²) < 4.78 is 9.94. The molecule has 0 spiro atoms. The topological polar surface area (TPSA) is 157 Å². The molecule has 0 bridgehead atoms. The van der Waals surface area contributed by atoms with Crippen molar-refractivity contribution in [3.8, 4) is 5.75 Å². The Kier molecular flexibility index (Phi) is 8.52. The molecule has 0 aliphatic carbocycles. The second kappa shape index (κ2) is 11.3. The minimum atomic E-state index is -1.28. The summed E-state index contributed by atoms with van der Waals surface area (Å²) in [7, 11) is 0. The molecule has 11 nitrogen and oxygen atoms in total. The van der Waals surface area contributed by atoms with Gasteiger partial charge in [-0.25, -0.2) is 9.59 Å². The van der Waals surface area contributed by atoms with E-state index in [1.165, 1.54) is 24.3 Å². The van der Waals surface area contributed by atoms with Gasteiger partial charge in [0.15, 0.2) is 0 Å². The third-order valence-corrected chi connectivity index (χ3v) is 4.15. The molecule has 2 rings (SSSR count). The quantitative estimate of drug-likeness (QED) is 0.227. The average Bonchev–Trinajstić information content (AvgIpc) is 2.72. The van der Waals surface area contributed by atoms with Gasteiger partial charge in [0, 0.05) is 17.8 Å². The lowest BCUT2D eigenvalue weighted by molar-refractivity contribution is -0.384. The van der Waals surface area contributed by atoms with Crippen molar-refractivity contribution in [3.05, 3.63) is 64.2 Å². The summed E-state index contributed by atoms with van der Waals surface area (Å²) in [5.41, 5.74) is 0.936. The molecule has 0 saturated heterocycles. The molecular weight excluding hydrogens is 422 g/mol. The first kappa shape index (κ1) is 24.1. The summed E-state index contributed by atoms with van der Waals surface area (Å²) in [6.07, 6.45) is -1.91. The molecule has 0 aliphatic heterocycles. The van der Waals surface area contributed by atoms with Gasteiger partial charge in [-0.2, -0.15) is 0 Å². The highest BCUT2D eigenvalue weighted by Gasteiger charge is 2.21. The standard InChI is InChI=1S/C21H23N3O8/c1-13(2)11-18(23-20(26)27)19(25)22-15-5-3-14(4-6-15)12-31-21(28)32-17-9-7-16(8-10-17)24(29)30/h3-10,13,18,23H,11-12H2,1-2H3,(H,22,25)(H,26,27). The van der Waals surface area contributed by atoms with Crippen LogP contribution in [-0.2, 0) is 16.1 Å². The van der Waals surface area contributed by atoms with E-state index in [1.807, 2.05) is 13.8 Å². The predicted octanol–water partition coefficient (Wildman–Crippen LogP) is 3.93. The molecule has 2 aromatic carbocycles. The second-order valence-corrected chi connectivity index (χ2v) is 7.21. The van der Waals surface area contributed by atoms with Crippen LogP contribution in [0.2, 0.25) is 0 Å². The molecule has 0 aliphatic rings. The third-order valence-electron chi connectivity index (χ3n) is 4.15. The number of anilines is 1. The van der Waals surface area contributed by atoms with Gasteiger partial charge >= 0.3 is 12.2 Å². The Morgan fingerprint density at radius 3 is 2.22 bits per heavy atom. The summed E-state index contributed by atoms with van der Waals surface area (Å²) in [5, 5.41) is 24.4. The van der Waals surface area contributed by atoms with Crippen molar-refractivity contribution < 1.29 is 33.9 Å². The van der Waals surface area contributed by atoms with E-state index < -0.39 is 29.1 Å². The third kappa shape index (κ3) is 7.94. The van der Waals surface area contributed by atoms with Gasteiger partial charge in [0.25, 0.3) is 5.69 Å². The van der Waals surface area contributed by atoms with Gasteiger partial charge in [-0.15, -0.1) is 0 Å². The first-order valence-corrected chi connectivity index (χ1v) is 9.62. The summed E-state index contributed by atoms with van der Waals surface area (Å²) in [4.78, 5) is 45.1. The smallest absolute Gasteiger partial charge is 0.465 e. The molecule has 1 atom stereocenters. The van der Waals surface area contributed by atoms with Crippen LogP contribution in [0.4, 0.5) is 21.0 Å². The average molecular weight is 445 g/mol. The van der Waals surface area contributed by atoms with E-state index in [2.05, 4.69) is 10.6 Å². The van der Waals surface area contributed by atoms with Gasteiger partial charge in [0.05, 0.1) is 4.92 Å². The first-order chi connectivity index (χ1) is 15.1. The number of hydrogen-bond donors (Lipinski definition) is 3. The zero-order chi connectivity index (χ0) is 23.7. The number of nitro groups is 1. The van der Waals surface area contributed by atoms with Gasteiger partial charge in [-0.3, -0.25) is 14.9 Å². The van der Waals surface area contributed by atoms with Crippen LogP contribution in [0.3, 0.4) is 0 Å². The highest BCUT2D eigenvalue weighted by molar-refractivity contribution is 5.96. The number of ether oxygens (including phenoxy) is 2. The molecule has 0 saturated carbocycles. The second-order valence-electron chi connectivity index (χ2n) is 7.21.